The molecule has 0 aromatic carbocycles. The Hall–Kier alpha value is -0.610. The summed E-state index contributed by atoms with van der Waals surface area (Å²) in [6.45, 7) is 1.80. The molecule has 3 unspecified atom stereocenters. The molecule has 4 heteroatoms. The summed E-state index contributed by atoms with van der Waals surface area (Å²) in [5, 5.41) is 9.19. The quantitative estimate of drug-likeness (QED) is 0.748. The molecule has 3 N–H and O–H groups in total. The molecule has 0 spiro atoms. The first kappa shape index (κ1) is 12.8. The minimum absolute atomic E-state index is 0.135. The first-order valence-electron chi connectivity index (χ1n) is 6.86. The van der Waals surface area contributed by atoms with Crippen LogP contribution < -0.4 is 5.73 Å². The summed E-state index contributed by atoms with van der Waals surface area (Å²) in [6.07, 6.45) is 6.05. The zero-order chi connectivity index (χ0) is 12.3. The lowest BCUT2D eigenvalue weighted by Gasteiger charge is -2.36. The third-order valence-corrected chi connectivity index (χ3v) is 4.15. The summed E-state index contributed by atoms with van der Waals surface area (Å²) in [7, 11) is 0. The SMILES string of the molecule is NC1CCCC(C(=O)N2CCCC(CO)C2)C1. The van der Waals surface area contributed by atoms with Crippen LogP contribution in [-0.2, 0) is 4.79 Å². The van der Waals surface area contributed by atoms with Gasteiger partial charge in [0.2, 0.25) is 5.91 Å². The van der Waals surface area contributed by atoms with E-state index in [-0.39, 0.29) is 30.4 Å². The van der Waals surface area contributed by atoms with Crippen molar-refractivity contribution in [1.82, 2.24) is 4.90 Å². The first-order valence-corrected chi connectivity index (χ1v) is 6.86. The average molecular weight is 240 g/mol. The summed E-state index contributed by atoms with van der Waals surface area (Å²) in [4.78, 5) is 14.3. The van der Waals surface area contributed by atoms with Gasteiger partial charge in [0.05, 0.1) is 0 Å². The van der Waals surface area contributed by atoms with Gasteiger partial charge in [0.15, 0.2) is 0 Å². The normalized spacial score (nSPS) is 34.7. The van der Waals surface area contributed by atoms with Crippen LogP contribution in [0, 0.1) is 11.8 Å². The van der Waals surface area contributed by atoms with Crippen LogP contribution in [0.25, 0.3) is 0 Å². The molecule has 1 amide bonds. The zero-order valence-corrected chi connectivity index (χ0v) is 10.5. The number of piperidine rings is 1. The predicted octanol–water partition coefficient (Wildman–Crippen LogP) is 0.735. The van der Waals surface area contributed by atoms with Gasteiger partial charge in [0.1, 0.15) is 0 Å². The van der Waals surface area contributed by atoms with Crippen LogP contribution in [-0.4, -0.2) is 41.7 Å². The van der Waals surface area contributed by atoms with Crippen molar-refractivity contribution < 1.29 is 9.90 Å². The number of rotatable bonds is 2. The van der Waals surface area contributed by atoms with E-state index >= 15 is 0 Å². The number of amides is 1. The molecule has 17 heavy (non-hydrogen) atoms. The van der Waals surface area contributed by atoms with Crippen molar-refractivity contribution in [2.24, 2.45) is 17.6 Å². The number of hydrogen-bond donors (Lipinski definition) is 2. The van der Waals surface area contributed by atoms with Crippen molar-refractivity contribution >= 4 is 5.91 Å². The molecule has 0 radical (unpaired) electrons. The number of aliphatic hydroxyl groups is 1. The van der Waals surface area contributed by atoms with Gasteiger partial charge in [-0.05, 0) is 38.0 Å². The molecule has 4 nitrogen and oxygen atoms in total. The van der Waals surface area contributed by atoms with Gasteiger partial charge in [-0.3, -0.25) is 4.79 Å². The van der Waals surface area contributed by atoms with Crippen LogP contribution in [0.15, 0.2) is 0 Å². The molecular weight excluding hydrogens is 216 g/mol. The minimum atomic E-state index is 0.135. The molecule has 98 valence electrons. The standard InChI is InChI=1S/C13H24N2O2/c14-12-5-1-4-11(7-12)13(17)15-6-2-3-10(8-15)9-16/h10-12,16H,1-9,14H2. The minimum Gasteiger partial charge on any atom is -0.396 e. The monoisotopic (exact) mass is 240 g/mol. The van der Waals surface area contributed by atoms with Crippen LogP contribution in [0.4, 0.5) is 0 Å². The van der Waals surface area contributed by atoms with Gasteiger partial charge in [-0.25, -0.2) is 0 Å². The van der Waals surface area contributed by atoms with Crippen LogP contribution in [0.1, 0.15) is 38.5 Å². The second kappa shape index (κ2) is 5.83. The van der Waals surface area contributed by atoms with Crippen LogP contribution in [0.5, 0.6) is 0 Å². The van der Waals surface area contributed by atoms with Gasteiger partial charge in [-0.15, -0.1) is 0 Å². The first-order chi connectivity index (χ1) is 8.20. The summed E-state index contributed by atoms with van der Waals surface area (Å²) >= 11 is 0. The van der Waals surface area contributed by atoms with Crippen LogP contribution in [0.2, 0.25) is 0 Å². The Morgan fingerprint density at radius 1 is 1.29 bits per heavy atom. The van der Waals surface area contributed by atoms with E-state index in [2.05, 4.69) is 0 Å². The van der Waals surface area contributed by atoms with E-state index in [1.165, 1.54) is 0 Å². The molecule has 2 aliphatic rings. The average Bonchev–Trinajstić information content (AvgIpc) is 2.38. The molecule has 1 aliphatic carbocycles. The van der Waals surface area contributed by atoms with Gasteiger partial charge < -0.3 is 15.7 Å². The summed E-state index contributed by atoms with van der Waals surface area (Å²) in [5.74, 6) is 0.694. The highest BCUT2D eigenvalue weighted by Gasteiger charge is 2.31. The Morgan fingerprint density at radius 2 is 2.12 bits per heavy atom. The van der Waals surface area contributed by atoms with Crippen molar-refractivity contribution in [2.75, 3.05) is 19.7 Å². The molecule has 1 saturated carbocycles. The summed E-state index contributed by atoms with van der Waals surface area (Å²) in [5.41, 5.74) is 5.94. The van der Waals surface area contributed by atoms with Crippen molar-refractivity contribution in [3.8, 4) is 0 Å². The van der Waals surface area contributed by atoms with E-state index in [9.17, 15) is 9.90 Å². The fourth-order valence-corrected chi connectivity index (χ4v) is 3.12. The van der Waals surface area contributed by atoms with Gasteiger partial charge in [-0.2, -0.15) is 0 Å². The predicted molar refractivity (Wildman–Crippen MR) is 66.3 cm³/mol. The molecule has 1 heterocycles. The maximum atomic E-state index is 12.3. The molecule has 0 aromatic rings. The Labute approximate surface area is 103 Å². The second-order valence-corrected chi connectivity index (χ2v) is 5.60. The fraction of sp³-hybridized carbons (Fsp3) is 0.923. The lowest BCUT2D eigenvalue weighted by Crippen LogP contribution is -2.45. The Balaban J connectivity index is 1.89. The van der Waals surface area contributed by atoms with Crippen molar-refractivity contribution in [1.29, 1.82) is 0 Å². The van der Waals surface area contributed by atoms with Gasteiger partial charge in [0, 0.05) is 31.7 Å². The van der Waals surface area contributed by atoms with E-state index in [0.29, 0.717) is 0 Å². The summed E-state index contributed by atoms with van der Waals surface area (Å²) < 4.78 is 0. The molecule has 3 atom stereocenters. The van der Waals surface area contributed by atoms with E-state index in [0.717, 1.165) is 51.6 Å². The maximum Gasteiger partial charge on any atom is 0.225 e. The highest BCUT2D eigenvalue weighted by atomic mass is 16.3. The number of hydrogen-bond acceptors (Lipinski definition) is 3. The molecule has 1 aliphatic heterocycles. The van der Waals surface area contributed by atoms with Crippen molar-refractivity contribution in [3.05, 3.63) is 0 Å². The van der Waals surface area contributed by atoms with Crippen molar-refractivity contribution in [3.63, 3.8) is 0 Å². The number of carbonyl (C=O) groups excluding carboxylic acids is 1. The lowest BCUT2D eigenvalue weighted by molar-refractivity contribution is -0.138. The van der Waals surface area contributed by atoms with Crippen molar-refractivity contribution in [2.45, 2.75) is 44.6 Å². The topological polar surface area (TPSA) is 66.6 Å². The Morgan fingerprint density at radius 3 is 2.82 bits per heavy atom. The molecule has 0 aromatic heterocycles. The number of nitrogens with zero attached hydrogens (tertiary/aromatic N) is 1. The molecule has 2 fully saturated rings. The van der Waals surface area contributed by atoms with E-state index < -0.39 is 0 Å². The maximum absolute atomic E-state index is 12.3. The third-order valence-electron chi connectivity index (χ3n) is 4.15. The van der Waals surface area contributed by atoms with Gasteiger partial charge in [-0.1, -0.05) is 6.42 Å². The number of likely N-dealkylation sites (tertiary alicyclic amines) is 1. The zero-order valence-electron chi connectivity index (χ0n) is 10.5. The highest BCUT2D eigenvalue weighted by molar-refractivity contribution is 5.79. The molecule has 0 bridgehead atoms. The van der Waals surface area contributed by atoms with Gasteiger partial charge >= 0.3 is 0 Å². The third kappa shape index (κ3) is 3.19. The molecule has 1 saturated heterocycles. The largest absolute Gasteiger partial charge is 0.396 e. The Bertz CT molecular complexity index is 270. The van der Waals surface area contributed by atoms with Crippen LogP contribution >= 0.6 is 0 Å². The molecule has 2 rings (SSSR count). The second-order valence-electron chi connectivity index (χ2n) is 5.60. The molecular formula is C13H24N2O2. The Kier molecular flexibility index (Phi) is 4.40. The summed E-state index contributed by atoms with van der Waals surface area (Å²) in [6, 6.07) is 0.205. The number of nitrogens with two attached hydrogens (primary N) is 1. The smallest absolute Gasteiger partial charge is 0.225 e. The lowest BCUT2D eigenvalue weighted by atomic mass is 9.84. The van der Waals surface area contributed by atoms with E-state index in [1.54, 1.807) is 0 Å². The fourth-order valence-electron chi connectivity index (χ4n) is 3.12. The highest BCUT2D eigenvalue weighted by Crippen LogP contribution is 2.27. The number of aliphatic hydroxyl groups excluding tert-OH is 1. The van der Waals surface area contributed by atoms with E-state index in [4.69, 9.17) is 5.73 Å². The van der Waals surface area contributed by atoms with Gasteiger partial charge in [0.25, 0.3) is 0 Å². The van der Waals surface area contributed by atoms with Crippen LogP contribution in [0.3, 0.4) is 0 Å². The van der Waals surface area contributed by atoms with E-state index in [1.807, 2.05) is 4.90 Å². The number of carbonyl (C=O) groups is 1.